The van der Waals surface area contributed by atoms with E-state index < -0.39 is 5.97 Å². The van der Waals surface area contributed by atoms with E-state index in [0.717, 1.165) is 68.5 Å². The summed E-state index contributed by atoms with van der Waals surface area (Å²) in [6, 6.07) is 7.22. The second-order valence-corrected chi connectivity index (χ2v) is 9.25. The number of piperidine rings is 1. The van der Waals surface area contributed by atoms with Crippen LogP contribution < -0.4 is 39.5 Å². The van der Waals surface area contributed by atoms with Crippen LogP contribution in [0.4, 0.5) is 10.2 Å². The first kappa shape index (κ1) is 26.0. The maximum atomic E-state index is 13.8. The van der Waals surface area contributed by atoms with Gasteiger partial charge < -0.3 is 25.4 Å². The summed E-state index contributed by atoms with van der Waals surface area (Å²) >= 11 is 0. The Morgan fingerprint density at radius 3 is 2.61 bits per heavy atom. The van der Waals surface area contributed by atoms with Gasteiger partial charge in [0.2, 0.25) is 0 Å². The minimum absolute atomic E-state index is 0. The molecule has 0 bridgehead atoms. The molecule has 1 saturated heterocycles. The first-order valence-electron chi connectivity index (χ1n) is 12.1. The zero-order chi connectivity index (χ0) is 22.3. The summed E-state index contributed by atoms with van der Waals surface area (Å²) < 4.78 is 13.8. The molecule has 174 valence electrons. The Hall–Kier alpha value is -1.65. The fraction of sp³-hybridized carbons (Fsp3) is 0.600. The molecule has 1 aromatic carbocycles. The van der Waals surface area contributed by atoms with Crippen molar-refractivity contribution in [2.75, 3.05) is 31.1 Å². The molecule has 2 heterocycles. The van der Waals surface area contributed by atoms with Gasteiger partial charge in [0.25, 0.3) is 0 Å². The van der Waals surface area contributed by atoms with Gasteiger partial charge in [-0.05, 0) is 55.2 Å². The van der Waals surface area contributed by atoms with Crippen molar-refractivity contribution in [2.24, 2.45) is 5.92 Å². The summed E-state index contributed by atoms with van der Waals surface area (Å²) in [5.41, 5.74) is 0. The molecule has 1 saturated carbocycles. The molecule has 6 nitrogen and oxygen atoms in total. The van der Waals surface area contributed by atoms with Crippen molar-refractivity contribution in [1.29, 1.82) is 0 Å². The zero-order valence-corrected chi connectivity index (χ0v) is 19.7. The van der Waals surface area contributed by atoms with Gasteiger partial charge in [-0.2, -0.15) is 0 Å². The van der Waals surface area contributed by atoms with Crippen LogP contribution in [0.25, 0.3) is 10.8 Å². The largest absolute Gasteiger partial charge is 1.00 e. The van der Waals surface area contributed by atoms with Gasteiger partial charge in [0.05, 0.1) is 0 Å². The number of carbonyl (C=O) groups is 1. The van der Waals surface area contributed by atoms with Gasteiger partial charge in [-0.15, -0.1) is 0 Å². The molecule has 1 unspecified atom stereocenters. The number of rotatable bonds is 9. The number of hydrogen-bond acceptors (Lipinski definition) is 6. The Morgan fingerprint density at radius 2 is 1.88 bits per heavy atom. The van der Waals surface area contributed by atoms with E-state index in [-0.39, 0.29) is 37.1 Å². The van der Waals surface area contributed by atoms with E-state index >= 15 is 0 Å². The van der Waals surface area contributed by atoms with E-state index in [4.69, 9.17) is 0 Å². The Morgan fingerprint density at radius 1 is 1.12 bits per heavy atom. The molecular weight excluding hydrogens is 414 g/mol. The summed E-state index contributed by atoms with van der Waals surface area (Å²) in [5, 5.41) is 20.2. The molecule has 2 N–H and O–H groups in total. The number of anilines is 1. The van der Waals surface area contributed by atoms with Gasteiger partial charge in [-0.25, -0.2) is 9.37 Å². The standard InChI is InChI=1S/C25H35FN4O2.Li/c26-20-7-6-18-8-11-29-25(22(18)16-20)30-14-9-21(10-15-30)27-12-13-28-23(17-24(31)32)19-4-2-1-3-5-19;/h6-8,11,16,19,21,23,27-28H,1-5,9-10,12-15,17H2,(H,31,32);/q;+1/p-1. The van der Waals surface area contributed by atoms with Crippen molar-refractivity contribution in [3.8, 4) is 0 Å². The molecule has 1 aliphatic carbocycles. The van der Waals surface area contributed by atoms with E-state index in [9.17, 15) is 14.3 Å². The smallest absolute Gasteiger partial charge is 0.550 e. The number of carboxylic acids is 1. The number of nitrogens with zero attached hydrogens (tertiary/aromatic N) is 2. The Bertz CT molecular complexity index is 901. The minimum atomic E-state index is -0.963. The predicted molar refractivity (Wildman–Crippen MR) is 123 cm³/mol. The number of aromatic nitrogens is 1. The van der Waals surface area contributed by atoms with Crippen LogP contribution in [0.1, 0.15) is 51.4 Å². The van der Waals surface area contributed by atoms with Gasteiger partial charge in [0.15, 0.2) is 0 Å². The molecule has 2 fully saturated rings. The third-order valence-corrected chi connectivity index (χ3v) is 7.07. The number of fused-ring (bicyclic) bond motifs is 1. The van der Waals surface area contributed by atoms with Crippen LogP contribution in [0.5, 0.6) is 0 Å². The fourth-order valence-electron chi connectivity index (χ4n) is 5.33. The van der Waals surface area contributed by atoms with Gasteiger partial charge in [0, 0.05) is 62.2 Å². The zero-order valence-electron chi connectivity index (χ0n) is 19.7. The van der Waals surface area contributed by atoms with E-state index in [1.165, 1.54) is 25.3 Å². The number of nitrogens with one attached hydrogen (secondary N) is 2. The second-order valence-electron chi connectivity index (χ2n) is 9.25. The maximum absolute atomic E-state index is 13.8. The average Bonchev–Trinajstić information content (AvgIpc) is 2.81. The molecule has 2 aromatic rings. The number of hydrogen-bond donors (Lipinski definition) is 2. The summed E-state index contributed by atoms with van der Waals surface area (Å²) in [7, 11) is 0. The van der Waals surface area contributed by atoms with Crippen molar-refractivity contribution in [3.63, 3.8) is 0 Å². The van der Waals surface area contributed by atoms with Crippen LogP contribution in [0, 0.1) is 11.7 Å². The molecule has 2 aliphatic rings. The maximum Gasteiger partial charge on any atom is 1.00 e. The van der Waals surface area contributed by atoms with Crippen molar-refractivity contribution >= 4 is 22.6 Å². The first-order chi connectivity index (χ1) is 15.6. The van der Waals surface area contributed by atoms with Crippen molar-refractivity contribution in [2.45, 2.75) is 63.5 Å². The van der Waals surface area contributed by atoms with Crippen LogP contribution in [0.2, 0.25) is 0 Å². The number of carbonyl (C=O) groups excluding carboxylic acids is 1. The molecule has 0 amide bonds. The Balaban J connectivity index is 0.00000306. The summed E-state index contributed by atoms with van der Waals surface area (Å²) in [5.74, 6) is 0.110. The van der Waals surface area contributed by atoms with E-state index in [2.05, 4.69) is 20.5 Å². The summed E-state index contributed by atoms with van der Waals surface area (Å²) in [4.78, 5) is 18.0. The number of pyridine rings is 1. The van der Waals surface area contributed by atoms with Crippen LogP contribution in [-0.2, 0) is 4.79 Å². The van der Waals surface area contributed by atoms with Crippen LogP contribution in [-0.4, -0.2) is 49.2 Å². The number of halogens is 1. The molecule has 1 aliphatic heterocycles. The molecule has 1 atom stereocenters. The molecule has 33 heavy (non-hydrogen) atoms. The molecule has 0 radical (unpaired) electrons. The van der Waals surface area contributed by atoms with Crippen molar-refractivity contribution < 1.29 is 33.2 Å². The summed E-state index contributed by atoms with van der Waals surface area (Å²) in [6.07, 6.45) is 9.78. The van der Waals surface area contributed by atoms with Crippen molar-refractivity contribution in [1.82, 2.24) is 15.6 Å². The van der Waals surface area contributed by atoms with Gasteiger partial charge in [-0.1, -0.05) is 25.3 Å². The van der Waals surface area contributed by atoms with E-state index in [0.29, 0.717) is 12.0 Å². The van der Waals surface area contributed by atoms with Crippen LogP contribution in [0.3, 0.4) is 0 Å². The first-order valence-corrected chi connectivity index (χ1v) is 12.1. The third-order valence-electron chi connectivity index (χ3n) is 7.07. The quantitative estimate of drug-likeness (QED) is 0.402. The monoisotopic (exact) mass is 448 g/mol. The number of benzene rings is 1. The predicted octanol–water partition coefficient (Wildman–Crippen LogP) is -0.385. The van der Waals surface area contributed by atoms with E-state index in [1.807, 2.05) is 6.07 Å². The minimum Gasteiger partial charge on any atom is -0.550 e. The Labute approximate surface area is 207 Å². The second kappa shape index (κ2) is 12.7. The van der Waals surface area contributed by atoms with Gasteiger partial charge in [-0.3, -0.25) is 0 Å². The summed E-state index contributed by atoms with van der Waals surface area (Å²) in [6.45, 7) is 3.34. The average molecular weight is 449 g/mol. The number of carboxylic acid groups (broad SMARTS) is 1. The molecule has 8 heteroatoms. The third kappa shape index (κ3) is 7.16. The normalized spacial score (nSPS) is 18.8. The van der Waals surface area contributed by atoms with Gasteiger partial charge >= 0.3 is 18.9 Å². The SMILES string of the molecule is O=C([O-])CC(NCCNC1CCN(c2nccc3ccc(F)cc23)CC1)C1CCCCC1.[Li+]. The molecular formula is C25H34FLiN4O2. The molecule has 1 aromatic heterocycles. The molecule has 4 rings (SSSR count). The van der Waals surface area contributed by atoms with Crippen LogP contribution in [0.15, 0.2) is 30.5 Å². The Kier molecular flexibility index (Phi) is 10.00. The fourth-order valence-corrected chi connectivity index (χ4v) is 5.33. The topological polar surface area (TPSA) is 80.3 Å². The van der Waals surface area contributed by atoms with Crippen LogP contribution >= 0.6 is 0 Å². The van der Waals surface area contributed by atoms with E-state index in [1.54, 1.807) is 18.3 Å². The van der Waals surface area contributed by atoms with Crippen molar-refractivity contribution in [3.05, 3.63) is 36.3 Å². The van der Waals surface area contributed by atoms with Gasteiger partial charge in [0.1, 0.15) is 11.6 Å². The number of aliphatic carboxylic acids is 1. The molecule has 0 spiro atoms.